The lowest BCUT2D eigenvalue weighted by Gasteiger charge is -2.46. The minimum Gasteiger partial charge on any atom is -0.394 e. The first-order chi connectivity index (χ1) is 20.1. The Kier molecular flexibility index (Phi) is 11.6. The van der Waals surface area contributed by atoms with Crippen LogP contribution in [0.1, 0.15) is 31.4 Å². The van der Waals surface area contributed by atoms with E-state index in [9.17, 15) is 10.2 Å². The largest absolute Gasteiger partial charge is 0.394 e. The molecule has 0 bridgehead atoms. The summed E-state index contributed by atoms with van der Waals surface area (Å²) in [6.45, 7) is 0.227. The minimum absolute atomic E-state index is 0.0289. The fraction of sp³-hybridized carbons (Fsp3) is 0.406. The van der Waals surface area contributed by atoms with Crippen molar-refractivity contribution in [1.29, 1.82) is 0 Å². The monoisotopic (exact) mass is 567 g/mol. The summed E-state index contributed by atoms with van der Waals surface area (Å²) in [6.07, 6.45) is -4.33. The zero-order valence-corrected chi connectivity index (χ0v) is 23.2. The quantitative estimate of drug-likeness (QED) is 0.258. The van der Waals surface area contributed by atoms with E-state index < -0.39 is 43.4 Å². The Balaban J connectivity index is 1.65. The molecule has 0 amide bonds. The molecule has 214 valence electrons. The molecule has 1 fully saturated rings. The Morgan fingerprint density at radius 3 is 1.73 bits per heavy atom. The molecule has 2 N–H and O–H groups in total. The summed E-state index contributed by atoms with van der Waals surface area (Å²) in [6, 6.07) is 29.4. The summed E-state index contributed by atoms with van der Waals surface area (Å²) in [4.78, 5) is 0.517. The van der Waals surface area contributed by atoms with Crippen LogP contribution in [0.4, 0.5) is 0 Å². The van der Waals surface area contributed by atoms with Gasteiger partial charge in [0.15, 0.2) is 6.29 Å². The molecule has 0 aromatic heterocycles. The van der Waals surface area contributed by atoms with Gasteiger partial charge >= 0.3 is 0 Å². The molecule has 8 heteroatoms. The molecule has 3 aromatic carbocycles. The molecule has 40 heavy (non-hydrogen) atoms. The molecular weight excluding hydrogens is 528 g/mol. The van der Waals surface area contributed by atoms with Crippen LogP contribution in [-0.4, -0.2) is 65.1 Å². The molecule has 7 nitrogen and oxygen atoms in total. The zero-order valence-electron chi connectivity index (χ0n) is 23.4. The number of ether oxygens (including phenoxy) is 5. The van der Waals surface area contributed by atoms with E-state index >= 15 is 0 Å². The Labute approximate surface area is 243 Å². The highest BCUT2D eigenvalue weighted by atomic mass is 32.1. The highest BCUT2D eigenvalue weighted by Crippen LogP contribution is 2.32. The number of aliphatic hydroxyl groups is 2. The smallest absolute Gasteiger partial charge is 0.186 e. The summed E-state index contributed by atoms with van der Waals surface area (Å²) < 4.78 is 39.7. The summed E-state index contributed by atoms with van der Waals surface area (Å²) in [5, 5.41) is 19.4. The van der Waals surface area contributed by atoms with Gasteiger partial charge in [0.2, 0.25) is 0 Å². The van der Waals surface area contributed by atoms with E-state index in [1.807, 2.05) is 91.0 Å². The van der Waals surface area contributed by atoms with Crippen molar-refractivity contribution in [2.75, 3.05) is 13.2 Å². The second kappa shape index (κ2) is 16.0. The Morgan fingerprint density at radius 2 is 1.25 bits per heavy atom. The van der Waals surface area contributed by atoms with Gasteiger partial charge in [-0.1, -0.05) is 103 Å². The average molecular weight is 568 g/mol. The van der Waals surface area contributed by atoms with Crippen molar-refractivity contribution in [3.8, 4) is 0 Å². The molecular formula is C32H38O7S. The van der Waals surface area contributed by atoms with Crippen molar-refractivity contribution < 1.29 is 35.3 Å². The maximum absolute atomic E-state index is 10.0. The van der Waals surface area contributed by atoms with Gasteiger partial charge in [-0.25, -0.2) is 0 Å². The van der Waals surface area contributed by atoms with Crippen LogP contribution in [0.3, 0.4) is 0 Å². The van der Waals surface area contributed by atoms with Crippen molar-refractivity contribution in [2.45, 2.75) is 70.0 Å². The van der Waals surface area contributed by atoms with Crippen LogP contribution < -0.4 is 0 Å². The minimum atomic E-state index is -1.09. The molecule has 3 aromatic rings. The van der Waals surface area contributed by atoms with Crippen molar-refractivity contribution in [2.24, 2.45) is 0 Å². The van der Waals surface area contributed by atoms with Gasteiger partial charge in [0, 0.05) is 7.79 Å². The lowest BCUT2D eigenvalue weighted by atomic mass is 9.94. The Morgan fingerprint density at radius 1 is 0.775 bits per heavy atom. The van der Waals surface area contributed by atoms with E-state index in [0.717, 1.165) is 16.7 Å². The summed E-state index contributed by atoms with van der Waals surface area (Å²) in [5.41, 5.74) is 2.93. The van der Waals surface area contributed by atoms with Crippen molar-refractivity contribution in [3.05, 3.63) is 108 Å². The predicted molar refractivity (Wildman–Crippen MR) is 156 cm³/mol. The second-order valence-corrected chi connectivity index (χ2v) is 10.3. The molecule has 1 heterocycles. The number of benzene rings is 3. The first kappa shape index (κ1) is 29.0. The number of hydrogen-bond acceptors (Lipinski definition) is 8. The molecule has 0 spiro atoms. The maximum Gasteiger partial charge on any atom is 0.186 e. The van der Waals surface area contributed by atoms with Gasteiger partial charge in [-0.15, -0.1) is 0 Å². The average Bonchev–Trinajstić information content (AvgIpc) is 3.02. The number of aliphatic hydroxyl groups excluding tert-OH is 2. The molecule has 4 rings (SSSR count). The van der Waals surface area contributed by atoms with E-state index in [0.29, 0.717) is 18.1 Å². The third-order valence-corrected chi connectivity index (χ3v) is 6.71. The Hall–Kier alpha value is -2.53. The van der Waals surface area contributed by atoms with E-state index in [1.54, 1.807) is 0 Å². The van der Waals surface area contributed by atoms with E-state index in [-0.39, 0.29) is 26.5 Å². The van der Waals surface area contributed by atoms with Gasteiger partial charge in [0.25, 0.3) is 0 Å². The molecule has 0 radical (unpaired) electrons. The van der Waals surface area contributed by atoms with Gasteiger partial charge in [-0.2, -0.15) is 0 Å². The first-order valence-electron chi connectivity index (χ1n) is 14.1. The third-order valence-electron chi connectivity index (χ3n) is 6.54. The normalized spacial score (nSPS) is 23.9. The topological polar surface area (TPSA) is 86.6 Å². The van der Waals surface area contributed by atoms with Crippen LogP contribution in [0.25, 0.3) is 0 Å². The molecule has 2 unspecified atom stereocenters. The van der Waals surface area contributed by atoms with Gasteiger partial charge in [-0.3, -0.25) is 0 Å². The molecule has 1 saturated heterocycles. The highest BCUT2D eigenvalue weighted by molar-refractivity contribution is 7.80. The maximum atomic E-state index is 10.0. The standard InChI is InChI=1S/C32H38O7S/c1-23(40)17-28-29(35-19-24-11-5-2-6-12-24)30(36-20-25-13-7-3-8-14-25)31(32(39-28)38-22-27(34)18-33)37-21-26-15-9-4-10-16-26/h2-16,27-34H,17-22H2,1H3/t27?,28-,29-,30+,31-,32?/m1/s1/i1D. The zero-order chi connectivity index (χ0) is 28.9. The van der Waals surface area contributed by atoms with Gasteiger partial charge in [0.1, 0.15) is 24.4 Å². The van der Waals surface area contributed by atoms with E-state index in [2.05, 4.69) is 0 Å². The molecule has 1 aliphatic rings. The fourth-order valence-corrected chi connectivity index (χ4v) is 4.69. The first-order valence-corrected chi connectivity index (χ1v) is 13.8. The fourth-order valence-electron chi connectivity index (χ4n) is 4.53. The van der Waals surface area contributed by atoms with Crippen LogP contribution in [0.2, 0.25) is 0 Å². The molecule has 1 aliphatic heterocycles. The van der Waals surface area contributed by atoms with E-state index in [4.69, 9.17) is 37.3 Å². The van der Waals surface area contributed by atoms with Crippen LogP contribution in [0.5, 0.6) is 0 Å². The highest BCUT2D eigenvalue weighted by Gasteiger charge is 2.49. The Bertz CT molecular complexity index is 1150. The summed E-state index contributed by atoms with van der Waals surface area (Å²) in [7, 11) is 0. The number of thiocarbonyl (C=S) groups is 1. The lowest BCUT2D eigenvalue weighted by molar-refractivity contribution is -0.324. The van der Waals surface area contributed by atoms with Gasteiger partial charge in [0.05, 0.1) is 39.1 Å². The van der Waals surface area contributed by atoms with Crippen molar-refractivity contribution in [1.82, 2.24) is 0 Å². The van der Waals surface area contributed by atoms with Gasteiger partial charge in [-0.05, 0) is 28.5 Å². The SMILES string of the molecule is [2H]CC(=S)C[C@H]1OC(OCC(O)CO)[C@H](OCc2ccccc2)[C@@H](OCc2ccccc2)[C@@H]1OCc1ccccc1. The van der Waals surface area contributed by atoms with E-state index in [1.165, 1.54) is 0 Å². The molecule has 0 aliphatic carbocycles. The van der Waals surface area contributed by atoms with Crippen LogP contribution in [0, 0.1) is 0 Å². The predicted octanol–water partition coefficient (Wildman–Crippen LogP) is 4.62. The molecule has 6 atom stereocenters. The molecule has 0 saturated carbocycles. The van der Waals surface area contributed by atoms with Crippen LogP contribution in [-0.2, 0) is 43.5 Å². The van der Waals surface area contributed by atoms with Crippen molar-refractivity contribution >= 4 is 17.1 Å². The lowest BCUT2D eigenvalue weighted by Crippen LogP contribution is -2.61. The van der Waals surface area contributed by atoms with Crippen molar-refractivity contribution in [3.63, 3.8) is 0 Å². The van der Waals surface area contributed by atoms with Crippen LogP contribution >= 0.6 is 12.2 Å². The number of hydrogen-bond donors (Lipinski definition) is 2. The summed E-state index contributed by atoms with van der Waals surface area (Å²) >= 11 is 5.45. The summed E-state index contributed by atoms with van der Waals surface area (Å²) in [5.74, 6) is 0. The third kappa shape index (κ3) is 9.26. The number of rotatable bonds is 15. The second-order valence-electron chi connectivity index (χ2n) is 9.74. The van der Waals surface area contributed by atoms with Gasteiger partial charge < -0.3 is 33.9 Å². The van der Waals surface area contributed by atoms with Crippen LogP contribution in [0.15, 0.2) is 91.0 Å².